The van der Waals surface area contributed by atoms with Crippen LogP contribution in [0.5, 0.6) is 0 Å². The Labute approximate surface area is 84.8 Å². The number of hydrogen-bond donors (Lipinski definition) is 0. The summed E-state index contributed by atoms with van der Waals surface area (Å²) in [5.41, 5.74) is 1.30. The lowest BCUT2D eigenvalue weighted by molar-refractivity contribution is 0.00814. The molecule has 0 atom stereocenters. The van der Waals surface area contributed by atoms with Crippen LogP contribution in [0.3, 0.4) is 0 Å². The summed E-state index contributed by atoms with van der Waals surface area (Å²) in [6, 6.07) is 5.90. The Kier molecular flexibility index (Phi) is 2.40. The van der Waals surface area contributed by atoms with Crippen LogP contribution in [0, 0.1) is 0 Å². The van der Waals surface area contributed by atoms with Gasteiger partial charge in [-0.25, -0.2) is 0 Å². The Hall–Kier alpha value is -0.0500. The fourth-order valence-corrected chi connectivity index (χ4v) is 2.25. The largest absolute Gasteiger partial charge is 0.380 e. The van der Waals surface area contributed by atoms with Crippen molar-refractivity contribution in [2.45, 2.75) is 5.92 Å². The van der Waals surface area contributed by atoms with Crippen molar-refractivity contribution >= 4 is 27.5 Å². The van der Waals surface area contributed by atoms with Gasteiger partial charge < -0.3 is 4.74 Å². The van der Waals surface area contributed by atoms with E-state index in [1.165, 1.54) is 5.56 Å². The minimum atomic E-state index is 0.552. The molecule has 1 aromatic carbocycles. The molecule has 1 aliphatic rings. The van der Waals surface area contributed by atoms with Crippen LogP contribution in [0.15, 0.2) is 22.7 Å². The molecule has 1 heterocycles. The predicted octanol–water partition coefficient (Wildman–Crippen LogP) is 3.22. The van der Waals surface area contributed by atoms with Crippen LogP contribution < -0.4 is 0 Å². The molecule has 3 heteroatoms. The van der Waals surface area contributed by atoms with Gasteiger partial charge in [-0.2, -0.15) is 0 Å². The fourth-order valence-electron chi connectivity index (χ4n) is 1.25. The second-order valence-electron chi connectivity index (χ2n) is 2.90. The monoisotopic (exact) mass is 246 g/mol. The van der Waals surface area contributed by atoms with Crippen molar-refractivity contribution in [3.63, 3.8) is 0 Å². The van der Waals surface area contributed by atoms with Crippen molar-refractivity contribution in [3.8, 4) is 0 Å². The van der Waals surface area contributed by atoms with Crippen molar-refractivity contribution in [3.05, 3.63) is 33.3 Å². The summed E-state index contributed by atoms with van der Waals surface area (Å²) in [5.74, 6) is 0.552. The topological polar surface area (TPSA) is 9.23 Å². The van der Waals surface area contributed by atoms with Gasteiger partial charge in [-0.15, -0.1) is 0 Å². The molecule has 1 fully saturated rings. The van der Waals surface area contributed by atoms with Gasteiger partial charge in [0.05, 0.1) is 13.2 Å². The highest BCUT2D eigenvalue weighted by Crippen LogP contribution is 2.31. The van der Waals surface area contributed by atoms with Gasteiger partial charge in [0.15, 0.2) is 0 Å². The average molecular weight is 248 g/mol. The zero-order valence-corrected chi connectivity index (χ0v) is 8.73. The van der Waals surface area contributed by atoms with Crippen LogP contribution in [-0.2, 0) is 4.74 Å². The predicted molar refractivity (Wildman–Crippen MR) is 52.7 cm³/mol. The van der Waals surface area contributed by atoms with E-state index in [4.69, 9.17) is 16.3 Å². The van der Waals surface area contributed by atoms with E-state index in [1.807, 2.05) is 12.1 Å². The van der Waals surface area contributed by atoms with Crippen LogP contribution >= 0.6 is 27.5 Å². The van der Waals surface area contributed by atoms with Crippen LogP contribution in [-0.4, -0.2) is 13.2 Å². The second-order valence-corrected chi connectivity index (χ2v) is 4.19. The minimum absolute atomic E-state index is 0.552. The highest BCUT2D eigenvalue weighted by atomic mass is 79.9. The lowest BCUT2D eigenvalue weighted by atomic mass is 9.98. The number of rotatable bonds is 1. The third-order valence-corrected chi connectivity index (χ3v) is 2.96. The molecular weight excluding hydrogens is 239 g/mol. The Morgan fingerprint density at radius 1 is 1.42 bits per heavy atom. The summed E-state index contributed by atoms with van der Waals surface area (Å²) in [5, 5.41) is 0.769. The van der Waals surface area contributed by atoms with E-state index < -0.39 is 0 Å². The number of ether oxygens (including phenoxy) is 1. The van der Waals surface area contributed by atoms with Crippen molar-refractivity contribution in [1.82, 2.24) is 0 Å². The van der Waals surface area contributed by atoms with E-state index in [9.17, 15) is 0 Å². The third-order valence-electron chi connectivity index (χ3n) is 2.04. The molecule has 12 heavy (non-hydrogen) atoms. The smallest absolute Gasteiger partial charge is 0.0557 e. The Morgan fingerprint density at radius 3 is 2.67 bits per heavy atom. The SMILES string of the molecule is Clc1ccc(C2COC2)c(Br)c1. The first kappa shape index (κ1) is 8.54. The molecule has 0 aromatic heterocycles. The molecular formula is C9H8BrClO. The first-order chi connectivity index (χ1) is 5.77. The molecule has 0 N–H and O–H groups in total. The highest BCUT2D eigenvalue weighted by molar-refractivity contribution is 9.10. The van der Waals surface area contributed by atoms with Gasteiger partial charge in [0.1, 0.15) is 0 Å². The van der Waals surface area contributed by atoms with E-state index in [0.29, 0.717) is 5.92 Å². The lowest BCUT2D eigenvalue weighted by Gasteiger charge is -2.27. The number of hydrogen-bond acceptors (Lipinski definition) is 1. The second kappa shape index (κ2) is 3.36. The molecule has 1 aromatic rings. The molecule has 1 nitrogen and oxygen atoms in total. The van der Waals surface area contributed by atoms with E-state index in [0.717, 1.165) is 22.7 Å². The maximum Gasteiger partial charge on any atom is 0.0557 e. The molecule has 0 amide bonds. The molecule has 0 saturated carbocycles. The first-order valence-corrected chi connectivity index (χ1v) is 4.97. The van der Waals surface area contributed by atoms with Crippen molar-refractivity contribution < 1.29 is 4.74 Å². The van der Waals surface area contributed by atoms with Gasteiger partial charge in [0, 0.05) is 15.4 Å². The molecule has 0 bridgehead atoms. The van der Waals surface area contributed by atoms with Gasteiger partial charge >= 0.3 is 0 Å². The normalized spacial score (nSPS) is 17.5. The van der Waals surface area contributed by atoms with Gasteiger partial charge in [-0.3, -0.25) is 0 Å². The molecule has 1 saturated heterocycles. The summed E-state index contributed by atoms with van der Waals surface area (Å²) in [7, 11) is 0. The van der Waals surface area contributed by atoms with E-state index in [2.05, 4.69) is 22.0 Å². The zero-order valence-electron chi connectivity index (χ0n) is 6.39. The summed E-state index contributed by atoms with van der Waals surface area (Å²) in [6.07, 6.45) is 0. The molecule has 64 valence electrons. The number of benzene rings is 1. The molecule has 0 unspecified atom stereocenters. The number of halogens is 2. The third kappa shape index (κ3) is 1.51. The maximum atomic E-state index is 5.82. The Morgan fingerprint density at radius 2 is 2.17 bits per heavy atom. The van der Waals surface area contributed by atoms with Crippen LogP contribution in [0.1, 0.15) is 11.5 Å². The maximum absolute atomic E-state index is 5.82. The first-order valence-electron chi connectivity index (χ1n) is 3.80. The van der Waals surface area contributed by atoms with Crippen LogP contribution in [0.25, 0.3) is 0 Å². The van der Waals surface area contributed by atoms with E-state index in [-0.39, 0.29) is 0 Å². The van der Waals surface area contributed by atoms with Gasteiger partial charge in [0.2, 0.25) is 0 Å². The zero-order chi connectivity index (χ0) is 8.55. The standard InChI is InChI=1S/C9H8BrClO/c10-9-3-7(11)1-2-8(9)6-4-12-5-6/h1-3,6H,4-5H2. The Balaban J connectivity index is 2.31. The van der Waals surface area contributed by atoms with Crippen LogP contribution in [0.4, 0.5) is 0 Å². The Bertz CT molecular complexity index is 297. The quantitative estimate of drug-likeness (QED) is 0.740. The highest BCUT2D eigenvalue weighted by Gasteiger charge is 2.22. The average Bonchev–Trinajstić information content (AvgIpc) is 1.91. The minimum Gasteiger partial charge on any atom is -0.380 e. The molecule has 0 aliphatic carbocycles. The molecule has 0 spiro atoms. The van der Waals surface area contributed by atoms with Gasteiger partial charge in [0.25, 0.3) is 0 Å². The van der Waals surface area contributed by atoms with Gasteiger partial charge in [-0.05, 0) is 17.7 Å². The lowest BCUT2D eigenvalue weighted by Crippen LogP contribution is -2.25. The van der Waals surface area contributed by atoms with Crippen LogP contribution in [0.2, 0.25) is 5.02 Å². The van der Waals surface area contributed by atoms with E-state index >= 15 is 0 Å². The van der Waals surface area contributed by atoms with Crippen molar-refractivity contribution in [2.24, 2.45) is 0 Å². The van der Waals surface area contributed by atoms with Crippen molar-refractivity contribution in [2.75, 3.05) is 13.2 Å². The van der Waals surface area contributed by atoms with Gasteiger partial charge in [-0.1, -0.05) is 33.6 Å². The summed E-state index contributed by atoms with van der Waals surface area (Å²) >= 11 is 9.30. The fraction of sp³-hybridized carbons (Fsp3) is 0.333. The molecule has 2 rings (SSSR count). The molecule has 0 radical (unpaired) electrons. The van der Waals surface area contributed by atoms with Crippen molar-refractivity contribution in [1.29, 1.82) is 0 Å². The summed E-state index contributed by atoms with van der Waals surface area (Å²) in [6.45, 7) is 1.67. The molecule has 1 aliphatic heterocycles. The summed E-state index contributed by atoms with van der Waals surface area (Å²) < 4.78 is 6.21. The van der Waals surface area contributed by atoms with E-state index in [1.54, 1.807) is 0 Å². The summed E-state index contributed by atoms with van der Waals surface area (Å²) in [4.78, 5) is 0.